The Morgan fingerprint density at radius 2 is 2.22 bits per heavy atom. The summed E-state index contributed by atoms with van der Waals surface area (Å²) in [5, 5.41) is 9.61. The lowest BCUT2D eigenvalue weighted by atomic mass is 10.0. The molecule has 1 heterocycles. The molecule has 94 valence electrons. The number of carboxylic acids is 1. The summed E-state index contributed by atoms with van der Waals surface area (Å²) in [6.45, 7) is 1.51. The van der Waals surface area contributed by atoms with E-state index in [2.05, 4.69) is 9.97 Å². The quantitative estimate of drug-likeness (QED) is 0.849. The maximum absolute atomic E-state index is 11.4. The Morgan fingerprint density at radius 1 is 1.50 bits per heavy atom. The fourth-order valence-corrected chi connectivity index (χ4v) is 1.74. The molecule has 18 heavy (non-hydrogen) atoms. The highest BCUT2D eigenvalue weighted by Crippen LogP contribution is 2.25. The van der Waals surface area contributed by atoms with Crippen molar-refractivity contribution in [1.29, 1.82) is 0 Å². The number of H-pyrrole nitrogens is 1. The van der Waals surface area contributed by atoms with Gasteiger partial charge in [-0.25, -0.2) is 4.79 Å². The Hall–Kier alpha value is -2.37. The van der Waals surface area contributed by atoms with Gasteiger partial charge in [0.15, 0.2) is 0 Å². The van der Waals surface area contributed by atoms with E-state index in [4.69, 9.17) is 9.84 Å². The molecule has 0 radical (unpaired) electrons. The van der Waals surface area contributed by atoms with E-state index in [1.54, 1.807) is 18.2 Å². The molecule has 0 aliphatic rings. The van der Waals surface area contributed by atoms with Gasteiger partial charge in [-0.1, -0.05) is 0 Å². The molecule has 0 amide bonds. The number of benzene rings is 1. The van der Waals surface area contributed by atoms with Gasteiger partial charge in [-0.05, 0) is 25.1 Å². The van der Waals surface area contributed by atoms with Crippen molar-refractivity contribution in [3.8, 4) is 5.75 Å². The summed E-state index contributed by atoms with van der Waals surface area (Å²) in [4.78, 5) is 28.7. The summed E-state index contributed by atoms with van der Waals surface area (Å²) in [5.74, 6) is -1.26. The SMILES string of the molecule is COc1ccc2nc(=O)[nH]c(C(C)C(=O)O)c2c1. The highest BCUT2D eigenvalue weighted by molar-refractivity contribution is 5.87. The zero-order valence-electron chi connectivity index (χ0n) is 9.93. The minimum atomic E-state index is -1.01. The molecule has 2 rings (SSSR count). The lowest BCUT2D eigenvalue weighted by Crippen LogP contribution is -2.18. The number of nitrogens with zero attached hydrogens (tertiary/aromatic N) is 1. The number of aromatic amines is 1. The zero-order chi connectivity index (χ0) is 13.3. The molecule has 1 aromatic heterocycles. The van der Waals surface area contributed by atoms with Crippen molar-refractivity contribution in [3.63, 3.8) is 0 Å². The topological polar surface area (TPSA) is 92.3 Å². The van der Waals surface area contributed by atoms with Crippen LogP contribution in [0.25, 0.3) is 10.9 Å². The van der Waals surface area contributed by atoms with Crippen molar-refractivity contribution in [1.82, 2.24) is 9.97 Å². The summed E-state index contributed by atoms with van der Waals surface area (Å²) in [5.41, 5.74) is 0.217. The van der Waals surface area contributed by atoms with Crippen LogP contribution in [0.5, 0.6) is 5.75 Å². The lowest BCUT2D eigenvalue weighted by molar-refractivity contribution is -0.138. The first-order valence-electron chi connectivity index (χ1n) is 5.33. The number of nitrogens with one attached hydrogen (secondary N) is 1. The molecule has 0 aliphatic heterocycles. The fraction of sp³-hybridized carbons (Fsp3) is 0.250. The summed E-state index contributed by atoms with van der Waals surface area (Å²) in [7, 11) is 1.51. The Bertz CT molecular complexity index is 663. The van der Waals surface area contributed by atoms with E-state index in [9.17, 15) is 9.59 Å². The molecule has 2 N–H and O–H groups in total. The van der Waals surface area contributed by atoms with Gasteiger partial charge >= 0.3 is 11.7 Å². The molecule has 6 heteroatoms. The van der Waals surface area contributed by atoms with Crippen LogP contribution in [0.4, 0.5) is 0 Å². The van der Waals surface area contributed by atoms with Gasteiger partial charge in [0.2, 0.25) is 0 Å². The molecule has 0 spiro atoms. The number of aliphatic carboxylic acids is 1. The van der Waals surface area contributed by atoms with E-state index >= 15 is 0 Å². The number of ether oxygens (including phenoxy) is 1. The third kappa shape index (κ3) is 2.04. The molecule has 0 aliphatic carbocycles. The molecule has 1 unspecified atom stereocenters. The van der Waals surface area contributed by atoms with E-state index in [0.29, 0.717) is 22.3 Å². The Morgan fingerprint density at radius 3 is 2.83 bits per heavy atom. The third-order valence-corrected chi connectivity index (χ3v) is 2.76. The first-order chi connectivity index (χ1) is 8.52. The van der Waals surface area contributed by atoms with Gasteiger partial charge < -0.3 is 14.8 Å². The average molecular weight is 248 g/mol. The van der Waals surface area contributed by atoms with Crippen LogP contribution in [-0.2, 0) is 4.79 Å². The van der Waals surface area contributed by atoms with Crippen LogP contribution in [0.2, 0.25) is 0 Å². The van der Waals surface area contributed by atoms with Crippen molar-refractivity contribution in [2.45, 2.75) is 12.8 Å². The summed E-state index contributed by atoms with van der Waals surface area (Å²) in [6, 6.07) is 4.96. The summed E-state index contributed by atoms with van der Waals surface area (Å²) in [6.07, 6.45) is 0. The van der Waals surface area contributed by atoms with Crippen LogP contribution >= 0.6 is 0 Å². The van der Waals surface area contributed by atoms with Crippen LogP contribution in [0.1, 0.15) is 18.5 Å². The van der Waals surface area contributed by atoms with Crippen molar-refractivity contribution < 1.29 is 14.6 Å². The monoisotopic (exact) mass is 248 g/mol. The maximum Gasteiger partial charge on any atom is 0.345 e. The second kappa shape index (κ2) is 4.48. The predicted octanol–water partition coefficient (Wildman–Crippen LogP) is 1.12. The van der Waals surface area contributed by atoms with E-state index in [0.717, 1.165) is 0 Å². The normalized spacial score (nSPS) is 12.3. The first-order valence-corrected chi connectivity index (χ1v) is 5.33. The first kappa shape index (κ1) is 12.1. The fourth-order valence-electron chi connectivity index (χ4n) is 1.74. The highest BCUT2D eigenvalue weighted by atomic mass is 16.5. The van der Waals surface area contributed by atoms with Crippen molar-refractivity contribution >= 4 is 16.9 Å². The van der Waals surface area contributed by atoms with Crippen LogP contribution < -0.4 is 10.4 Å². The average Bonchev–Trinajstić information content (AvgIpc) is 2.36. The molecule has 6 nitrogen and oxygen atoms in total. The van der Waals surface area contributed by atoms with E-state index in [1.165, 1.54) is 14.0 Å². The van der Waals surface area contributed by atoms with Crippen LogP contribution in [0.3, 0.4) is 0 Å². The molecule has 1 atom stereocenters. The third-order valence-electron chi connectivity index (χ3n) is 2.76. The molecular weight excluding hydrogens is 236 g/mol. The van der Waals surface area contributed by atoms with Crippen LogP contribution in [0, 0.1) is 0 Å². The van der Waals surface area contributed by atoms with E-state index < -0.39 is 17.6 Å². The van der Waals surface area contributed by atoms with Gasteiger partial charge in [0, 0.05) is 11.1 Å². The molecule has 1 aromatic carbocycles. The second-order valence-corrected chi connectivity index (χ2v) is 3.90. The van der Waals surface area contributed by atoms with Gasteiger partial charge in [0.1, 0.15) is 5.75 Å². The number of fused-ring (bicyclic) bond motifs is 1. The summed E-state index contributed by atoms with van der Waals surface area (Å²) < 4.78 is 5.08. The molecule has 0 fully saturated rings. The number of rotatable bonds is 3. The van der Waals surface area contributed by atoms with E-state index in [1.807, 2.05) is 0 Å². The van der Waals surface area contributed by atoms with Crippen molar-refractivity contribution in [2.75, 3.05) is 7.11 Å². The Labute approximate surface area is 102 Å². The Kier molecular flexibility index (Phi) is 3.01. The number of methoxy groups -OCH3 is 1. The van der Waals surface area contributed by atoms with Gasteiger partial charge in [-0.3, -0.25) is 4.79 Å². The predicted molar refractivity (Wildman–Crippen MR) is 65.0 cm³/mol. The smallest absolute Gasteiger partial charge is 0.345 e. The number of hydrogen-bond acceptors (Lipinski definition) is 4. The van der Waals surface area contributed by atoms with Crippen LogP contribution in [-0.4, -0.2) is 28.2 Å². The van der Waals surface area contributed by atoms with Crippen molar-refractivity contribution in [2.24, 2.45) is 0 Å². The maximum atomic E-state index is 11.4. The molecule has 2 aromatic rings. The lowest BCUT2D eigenvalue weighted by Gasteiger charge is -2.10. The second-order valence-electron chi connectivity index (χ2n) is 3.90. The van der Waals surface area contributed by atoms with Gasteiger partial charge in [-0.2, -0.15) is 4.98 Å². The van der Waals surface area contributed by atoms with Gasteiger partial charge in [-0.15, -0.1) is 0 Å². The standard InChI is InChI=1S/C12H12N2O4/c1-6(11(15)16)10-8-5-7(18-2)3-4-9(8)13-12(17)14-10/h3-6H,1-2H3,(H,15,16)(H,13,14,17). The van der Waals surface area contributed by atoms with E-state index in [-0.39, 0.29) is 0 Å². The number of carbonyl (C=O) groups is 1. The van der Waals surface area contributed by atoms with Gasteiger partial charge in [0.05, 0.1) is 18.5 Å². The number of carboxylic acid groups (broad SMARTS) is 1. The highest BCUT2D eigenvalue weighted by Gasteiger charge is 2.18. The molecule has 0 bridgehead atoms. The minimum Gasteiger partial charge on any atom is -0.497 e. The van der Waals surface area contributed by atoms with Gasteiger partial charge in [0.25, 0.3) is 0 Å². The summed E-state index contributed by atoms with van der Waals surface area (Å²) >= 11 is 0. The zero-order valence-corrected chi connectivity index (χ0v) is 9.93. The Balaban J connectivity index is 2.77. The number of hydrogen-bond donors (Lipinski definition) is 2. The minimum absolute atomic E-state index is 0.330. The molecule has 0 saturated heterocycles. The molecule has 0 saturated carbocycles. The molecular formula is C12H12N2O4. The van der Waals surface area contributed by atoms with Crippen molar-refractivity contribution in [3.05, 3.63) is 34.4 Å². The largest absolute Gasteiger partial charge is 0.497 e. The van der Waals surface area contributed by atoms with Crippen LogP contribution in [0.15, 0.2) is 23.0 Å². The number of aromatic nitrogens is 2.